The Morgan fingerprint density at radius 2 is 1.84 bits per heavy atom. The lowest BCUT2D eigenvalue weighted by molar-refractivity contribution is -0.0236. The van der Waals surface area contributed by atoms with Crippen LogP contribution in [0.15, 0.2) is 36.4 Å². The van der Waals surface area contributed by atoms with Gasteiger partial charge in [0.15, 0.2) is 0 Å². The van der Waals surface area contributed by atoms with E-state index in [1.54, 1.807) is 0 Å². The third kappa shape index (κ3) is 3.56. The summed E-state index contributed by atoms with van der Waals surface area (Å²) in [7, 11) is 1.97. The first kappa shape index (κ1) is 21.0. The molecule has 1 N–H and O–H groups in total. The van der Waals surface area contributed by atoms with Gasteiger partial charge in [-0.05, 0) is 69.2 Å². The Morgan fingerprint density at radius 3 is 2.56 bits per heavy atom. The fraction of sp³-hybridized carbons (Fsp3) is 0.462. The number of carbonyl (C=O) groups is 1. The zero-order valence-electron chi connectivity index (χ0n) is 19.2. The van der Waals surface area contributed by atoms with Crippen molar-refractivity contribution in [3.8, 4) is 5.75 Å². The summed E-state index contributed by atoms with van der Waals surface area (Å²) in [4.78, 5) is 19.9. The zero-order chi connectivity index (χ0) is 22.6. The highest BCUT2D eigenvalue weighted by atomic mass is 16.5. The quantitative estimate of drug-likeness (QED) is 0.683. The molecule has 1 saturated heterocycles. The number of aryl methyl sites for hydroxylation is 4. The van der Waals surface area contributed by atoms with E-state index < -0.39 is 6.10 Å². The molecule has 6 heteroatoms. The van der Waals surface area contributed by atoms with E-state index in [2.05, 4.69) is 24.0 Å². The monoisotopic (exact) mass is 433 g/mol. The summed E-state index contributed by atoms with van der Waals surface area (Å²) in [5, 5.41) is 11.9. The molecule has 1 saturated carbocycles. The van der Waals surface area contributed by atoms with Gasteiger partial charge in [-0.2, -0.15) is 0 Å². The number of hydrogen-bond acceptors (Lipinski definition) is 4. The SMILES string of the molecule is Cc1ccc(O[C@@H]2C[C@@H]3CN(C(=O)c4cc5cccc(C)c5n4C)C[C@@H]3C[C@H]2O)c(C)n1. The Hall–Kier alpha value is -2.86. The Bertz CT molecular complexity index is 1180. The van der Waals surface area contributed by atoms with E-state index in [1.807, 2.05) is 54.6 Å². The maximum atomic E-state index is 13.4. The van der Waals surface area contributed by atoms with E-state index in [9.17, 15) is 9.90 Å². The van der Waals surface area contributed by atoms with E-state index >= 15 is 0 Å². The van der Waals surface area contributed by atoms with Crippen molar-refractivity contribution in [2.45, 2.75) is 45.8 Å². The van der Waals surface area contributed by atoms with Crippen molar-refractivity contribution in [2.24, 2.45) is 18.9 Å². The molecule has 168 valence electrons. The minimum Gasteiger partial charge on any atom is -0.486 e. The van der Waals surface area contributed by atoms with Crippen molar-refractivity contribution in [1.29, 1.82) is 0 Å². The molecular weight excluding hydrogens is 402 g/mol. The van der Waals surface area contributed by atoms with E-state index in [1.165, 1.54) is 5.56 Å². The number of nitrogens with zero attached hydrogens (tertiary/aromatic N) is 3. The fourth-order valence-corrected chi connectivity index (χ4v) is 5.63. The molecule has 5 rings (SSSR count). The van der Waals surface area contributed by atoms with Gasteiger partial charge in [0.25, 0.3) is 5.91 Å². The second kappa shape index (κ2) is 7.93. The first-order valence-electron chi connectivity index (χ1n) is 11.4. The summed E-state index contributed by atoms with van der Waals surface area (Å²) in [5.41, 5.74) is 4.80. The molecule has 2 aromatic heterocycles. The number of benzene rings is 1. The number of likely N-dealkylation sites (tertiary alicyclic amines) is 1. The summed E-state index contributed by atoms with van der Waals surface area (Å²) in [5.74, 6) is 1.45. The number of para-hydroxylation sites is 1. The molecule has 1 aromatic carbocycles. The van der Waals surface area contributed by atoms with Crippen LogP contribution in [0.5, 0.6) is 5.75 Å². The number of fused-ring (bicyclic) bond motifs is 2. The maximum Gasteiger partial charge on any atom is 0.270 e. The van der Waals surface area contributed by atoms with Crippen LogP contribution in [0.2, 0.25) is 0 Å². The van der Waals surface area contributed by atoms with Gasteiger partial charge < -0.3 is 19.3 Å². The van der Waals surface area contributed by atoms with Gasteiger partial charge in [0.2, 0.25) is 0 Å². The van der Waals surface area contributed by atoms with Crippen molar-refractivity contribution in [1.82, 2.24) is 14.5 Å². The highest BCUT2D eigenvalue weighted by Gasteiger charge is 2.44. The number of carbonyl (C=O) groups excluding carboxylic acids is 1. The first-order chi connectivity index (χ1) is 15.3. The second-order valence-electron chi connectivity index (χ2n) is 9.56. The zero-order valence-corrected chi connectivity index (χ0v) is 19.2. The third-order valence-corrected chi connectivity index (χ3v) is 7.30. The number of amides is 1. The molecule has 2 aliphatic rings. The summed E-state index contributed by atoms with van der Waals surface area (Å²) in [6.45, 7) is 7.37. The molecule has 6 nitrogen and oxygen atoms in total. The summed E-state index contributed by atoms with van der Waals surface area (Å²) in [6, 6.07) is 12.0. The lowest BCUT2D eigenvalue weighted by Crippen LogP contribution is -2.42. The van der Waals surface area contributed by atoms with Gasteiger partial charge in [0, 0.05) is 31.2 Å². The molecule has 0 spiro atoms. The number of rotatable bonds is 3. The summed E-state index contributed by atoms with van der Waals surface area (Å²) >= 11 is 0. The predicted octanol–water partition coefficient (Wildman–Crippen LogP) is 3.79. The van der Waals surface area contributed by atoms with E-state index in [0.717, 1.165) is 40.2 Å². The molecule has 32 heavy (non-hydrogen) atoms. The van der Waals surface area contributed by atoms with Gasteiger partial charge in [0.1, 0.15) is 17.5 Å². The average molecular weight is 434 g/mol. The summed E-state index contributed by atoms with van der Waals surface area (Å²) in [6.07, 6.45) is 0.602. The minimum atomic E-state index is -0.535. The van der Waals surface area contributed by atoms with E-state index in [0.29, 0.717) is 31.3 Å². The largest absolute Gasteiger partial charge is 0.486 e. The maximum absolute atomic E-state index is 13.4. The Balaban J connectivity index is 1.32. The number of pyridine rings is 1. The molecule has 0 unspecified atom stereocenters. The first-order valence-corrected chi connectivity index (χ1v) is 11.4. The number of ether oxygens (including phenoxy) is 1. The molecular formula is C26H31N3O3. The van der Waals surface area contributed by atoms with Crippen molar-refractivity contribution in [2.75, 3.05) is 13.1 Å². The Kier molecular flexibility index (Phi) is 5.20. The van der Waals surface area contributed by atoms with Crippen LogP contribution >= 0.6 is 0 Å². The summed E-state index contributed by atoms with van der Waals surface area (Å²) < 4.78 is 8.21. The van der Waals surface area contributed by atoms with Crippen LogP contribution in [-0.2, 0) is 7.05 Å². The van der Waals surface area contributed by atoms with Crippen LogP contribution in [0, 0.1) is 32.6 Å². The molecule has 0 radical (unpaired) electrons. The molecule has 3 heterocycles. The molecule has 4 atom stereocenters. The second-order valence-corrected chi connectivity index (χ2v) is 9.56. The van der Waals surface area contributed by atoms with Crippen LogP contribution in [0.1, 0.15) is 40.3 Å². The van der Waals surface area contributed by atoms with Crippen molar-refractivity contribution in [3.05, 3.63) is 59.0 Å². The Morgan fingerprint density at radius 1 is 1.09 bits per heavy atom. The van der Waals surface area contributed by atoms with E-state index in [4.69, 9.17) is 4.74 Å². The van der Waals surface area contributed by atoms with Gasteiger partial charge >= 0.3 is 0 Å². The normalized spacial score (nSPS) is 25.2. The number of aliphatic hydroxyl groups excluding tert-OH is 1. The van der Waals surface area contributed by atoms with Crippen LogP contribution in [0.25, 0.3) is 10.9 Å². The van der Waals surface area contributed by atoms with Gasteiger partial charge in [-0.1, -0.05) is 18.2 Å². The molecule has 3 aromatic rings. The lowest BCUT2D eigenvalue weighted by atomic mass is 9.78. The third-order valence-electron chi connectivity index (χ3n) is 7.30. The predicted molar refractivity (Wildman–Crippen MR) is 124 cm³/mol. The van der Waals surface area contributed by atoms with Crippen LogP contribution in [0.4, 0.5) is 0 Å². The molecule has 0 bridgehead atoms. The van der Waals surface area contributed by atoms with Crippen molar-refractivity contribution in [3.63, 3.8) is 0 Å². The lowest BCUT2D eigenvalue weighted by Gasteiger charge is -2.35. The Labute approximate surface area is 188 Å². The van der Waals surface area contributed by atoms with E-state index in [-0.39, 0.29) is 12.0 Å². The number of aromatic nitrogens is 2. The smallest absolute Gasteiger partial charge is 0.270 e. The van der Waals surface area contributed by atoms with Gasteiger partial charge in [0.05, 0.1) is 17.3 Å². The topological polar surface area (TPSA) is 67.6 Å². The minimum absolute atomic E-state index is 0.0723. The van der Waals surface area contributed by atoms with Gasteiger partial charge in [-0.25, -0.2) is 0 Å². The molecule has 1 aliphatic carbocycles. The molecule has 1 aliphatic heterocycles. The molecule has 2 fully saturated rings. The standard InChI is InChI=1S/C26H31N3O3/c1-15-6-5-7-18-10-21(28(4)25(15)18)26(31)29-13-19-11-22(30)24(12-20(19)14-29)32-23-9-8-16(2)27-17(23)3/h5-10,19-20,22,24,30H,11-14H2,1-4H3/t19-,20+,22+,24+/m0/s1. The fourth-order valence-electron chi connectivity index (χ4n) is 5.63. The van der Waals surface area contributed by atoms with Crippen LogP contribution in [0.3, 0.4) is 0 Å². The molecule has 1 amide bonds. The van der Waals surface area contributed by atoms with Gasteiger partial charge in [-0.3, -0.25) is 9.78 Å². The number of hydrogen-bond donors (Lipinski definition) is 1. The average Bonchev–Trinajstić information content (AvgIpc) is 3.31. The van der Waals surface area contributed by atoms with Gasteiger partial charge in [-0.15, -0.1) is 0 Å². The highest BCUT2D eigenvalue weighted by molar-refractivity contribution is 5.99. The van der Waals surface area contributed by atoms with Crippen molar-refractivity contribution < 1.29 is 14.6 Å². The van der Waals surface area contributed by atoms with Crippen molar-refractivity contribution >= 4 is 16.8 Å². The highest BCUT2D eigenvalue weighted by Crippen LogP contribution is 2.39. The van der Waals surface area contributed by atoms with Crippen LogP contribution < -0.4 is 4.74 Å². The van der Waals surface area contributed by atoms with Crippen LogP contribution in [-0.4, -0.2) is 50.8 Å². The number of aliphatic hydroxyl groups is 1.